The van der Waals surface area contributed by atoms with E-state index in [0.717, 1.165) is 5.69 Å². The van der Waals surface area contributed by atoms with E-state index in [1.54, 1.807) is 10.9 Å². The molecule has 0 bridgehead atoms. The van der Waals surface area contributed by atoms with Crippen LogP contribution in [0, 0.1) is 0 Å². The van der Waals surface area contributed by atoms with Crippen molar-refractivity contribution in [1.82, 2.24) is 19.5 Å². The molecular formula is C11H8N4O. The van der Waals surface area contributed by atoms with E-state index < -0.39 is 0 Å². The molecule has 0 saturated carbocycles. The first-order chi connectivity index (χ1) is 7.86. The van der Waals surface area contributed by atoms with Crippen molar-refractivity contribution in [2.24, 2.45) is 0 Å². The fraction of sp³-hybridized carbons (Fsp3) is 0. The van der Waals surface area contributed by atoms with E-state index in [0.29, 0.717) is 11.2 Å². The molecule has 0 radical (unpaired) electrons. The average Bonchev–Trinajstić information content (AvgIpc) is 2.75. The summed E-state index contributed by atoms with van der Waals surface area (Å²) in [5.74, 6) is 0. The van der Waals surface area contributed by atoms with Gasteiger partial charge in [-0.15, -0.1) is 0 Å². The van der Waals surface area contributed by atoms with Crippen LogP contribution in [0.25, 0.3) is 16.9 Å². The first-order valence-electron chi connectivity index (χ1n) is 4.82. The third kappa shape index (κ3) is 1.22. The zero-order valence-corrected chi connectivity index (χ0v) is 8.29. The van der Waals surface area contributed by atoms with Crippen LogP contribution >= 0.6 is 0 Å². The quantitative estimate of drug-likeness (QED) is 0.657. The van der Waals surface area contributed by atoms with E-state index in [1.807, 2.05) is 30.3 Å². The molecule has 0 aliphatic rings. The molecule has 0 aliphatic heterocycles. The summed E-state index contributed by atoms with van der Waals surface area (Å²) < 4.78 is 1.72. The van der Waals surface area contributed by atoms with Crippen LogP contribution in [0.15, 0.2) is 47.8 Å². The molecule has 0 unspecified atom stereocenters. The molecule has 0 aliphatic carbocycles. The standard InChI is InChI=1S/C11H8N4O/c16-11-9-10(12-6-13-11)14-7-15(9)8-4-2-1-3-5-8/h1-7H,(H,12,13,16). The van der Waals surface area contributed by atoms with Gasteiger partial charge >= 0.3 is 0 Å². The van der Waals surface area contributed by atoms with Gasteiger partial charge in [-0.2, -0.15) is 0 Å². The summed E-state index contributed by atoms with van der Waals surface area (Å²) in [6.45, 7) is 0. The van der Waals surface area contributed by atoms with Gasteiger partial charge in [0.1, 0.15) is 6.33 Å². The number of aromatic amines is 1. The molecule has 0 atom stereocenters. The lowest BCUT2D eigenvalue weighted by molar-refractivity contribution is 1.07. The van der Waals surface area contributed by atoms with Crippen molar-refractivity contribution in [3.63, 3.8) is 0 Å². The fourth-order valence-electron chi connectivity index (χ4n) is 1.65. The Morgan fingerprint density at radius 1 is 1.12 bits per heavy atom. The number of H-pyrrole nitrogens is 1. The van der Waals surface area contributed by atoms with Crippen molar-refractivity contribution in [3.05, 3.63) is 53.3 Å². The number of imidazole rings is 1. The number of hydrogen-bond donors (Lipinski definition) is 1. The minimum absolute atomic E-state index is 0.189. The molecule has 2 aromatic heterocycles. The monoisotopic (exact) mass is 212 g/mol. The topological polar surface area (TPSA) is 63.6 Å². The second kappa shape index (κ2) is 3.30. The molecule has 78 valence electrons. The lowest BCUT2D eigenvalue weighted by atomic mass is 10.3. The predicted molar refractivity (Wildman–Crippen MR) is 59.5 cm³/mol. The zero-order valence-electron chi connectivity index (χ0n) is 8.29. The lowest BCUT2D eigenvalue weighted by Gasteiger charge is -2.01. The van der Waals surface area contributed by atoms with Crippen LogP contribution in [0.2, 0.25) is 0 Å². The molecule has 3 rings (SSSR count). The van der Waals surface area contributed by atoms with E-state index in [1.165, 1.54) is 6.33 Å². The largest absolute Gasteiger partial charge is 0.311 e. The minimum Gasteiger partial charge on any atom is -0.311 e. The molecule has 0 spiro atoms. The number of rotatable bonds is 1. The number of fused-ring (bicyclic) bond motifs is 1. The van der Waals surface area contributed by atoms with E-state index >= 15 is 0 Å². The second-order valence-electron chi connectivity index (χ2n) is 3.35. The number of hydrogen-bond acceptors (Lipinski definition) is 3. The highest BCUT2D eigenvalue weighted by molar-refractivity contribution is 5.71. The zero-order chi connectivity index (χ0) is 11.0. The predicted octanol–water partition coefficient (Wildman–Crippen LogP) is 1.11. The smallest absolute Gasteiger partial charge is 0.277 e. The van der Waals surface area contributed by atoms with Gasteiger partial charge < -0.3 is 4.98 Å². The molecule has 16 heavy (non-hydrogen) atoms. The molecular weight excluding hydrogens is 204 g/mol. The molecule has 5 nitrogen and oxygen atoms in total. The van der Waals surface area contributed by atoms with Gasteiger partial charge in [-0.05, 0) is 12.1 Å². The molecule has 2 heterocycles. The Morgan fingerprint density at radius 3 is 2.75 bits per heavy atom. The van der Waals surface area contributed by atoms with E-state index in [2.05, 4.69) is 15.0 Å². The summed E-state index contributed by atoms with van der Waals surface area (Å²) in [6, 6.07) is 9.56. The molecule has 0 amide bonds. The van der Waals surface area contributed by atoms with Gasteiger partial charge in [0, 0.05) is 5.69 Å². The van der Waals surface area contributed by atoms with E-state index in [4.69, 9.17) is 0 Å². The SMILES string of the molecule is O=c1[nH]cnc2ncn(-c3ccccc3)c12. The molecule has 0 fully saturated rings. The summed E-state index contributed by atoms with van der Waals surface area (Å²) >= 11 is 0. The summed E-state index contributed by atoms with van der Waals surface area (Å²) in [5.41, 5.74) is 1.62. The molecule has 1 aromatic carbocycles. The van der Waals surface area contributed by atoms with E-state index in [9.17, 15) is 4.79 Å². The first kappa shape index (κ1) is 8.84. The molecule has 5 heteroatoms. The Kier molecular flexibility index (Phi) is 1.83. The van der Waals surface area contributed by atoms with Crippen LogP contribution in [0.1, 0.15) is 0 Å². The molecule has 3 aromatic rings. The Morgan fingerprint density at radius 2 is 1.94 bits per heavy atom. The number of para-hydroxylation sites is 1. The third-order valence-electron chi connectivity index (χ3n) is 2.38. The number of aromatic nitrogens is 4. The van der Waals surface area contributed by atoms with E-state index in [-0.39, 0.29) is 5.56 Å². The highest BCUT2D eigenvalue weighted by atomic mass is 16.1. The van der Waals surface area contributed by atoms with Crippen molar-refractivity contribution in [3.8, 4) is 5.69 Å². The second-order valence-corrected chi connectivity index (χ2v) is 3.35. The van der Waals surface area contributed by atoms with Crippen LogP contribution in [-0.4, -0.2) is 19.5 Å². The van der Waals surface area contributed by atoms with Crippen molar-refractivity contribution < 1.29 is 0 Å². The fourth-order valence-corrected chi connectivity index (χ4v) is 1.65. The van der Waals surface area contributed by atoms with Crippen molar-refractivity contribution in [2.45, 2.75) is 0 Å². The van der Waals surface area contributed by atoms with Gasteiger partial charge in [0.15, 0.2) is 11.2 Å². The first-order valence-corrected chi connectivity index (χ1v) is 4.82. The molecule has 1 N–H and O–H groups in total. The van der Waals surface area contributed by atoms with Crippen LogP contribution in [0.5, 0.6) is 0 Å². The Bertz CT molecular complexity index is 684. The van der Waals surface area contributed by atoms with Crippen LogP contribution in [-0.2, 0) is 0 Å². The molecule has 0 saturated heterocycles. The Labute approximate surface area is 90.4 Å². The highest BCUT2D eigenvalue weighted by Gasteiger charge is 2.08. The van der Waals surface area contributed by atoms with Crippen LogP contribution in [0.4, 0.5) is 0 Å². The summed E-state index contributed by atoms with van der Waals surface area (Å²) in [6.07, 6.45) is 2.95. The van der Waals surface area contributed by atoms with Crippen LogP contribution < -0.4 is 5.56 Å². The normalized spacial score (nSPS) is 10.8. The minimum atomic E-state index is -0.189. The van der Waals surface area contributed by atoms with Gasteiger partial charge in [0.2, 0.25) is 0 Å². The summed E-state index contributed by atoms with van der Waals surface area (Å²) in [7, 11) is 0. The maximum atomic E-state index is 11.7. The van der Waals surface area contributed by atoms with Crippen molar-refractivity contribution >= 4 is 11.2 Å². The summed E-state index contributed by atoms with van der Waals surface area (Å²) in [5, 5.41) is 0. The Hall–Kier alpha value is -2.43. The van der Waals surface area contributed by atoms with Gasteiger partial charge in [-0.1, -0.05) is 18.2 Å². The van der Waals surface area contributed by atoms with Gasteiger partial charge in [0.25, 0.3) is 5.56 Å². The number of nitrogens with zero attached hydrogens (tertiary/aromatic N) is 3. The average molecular weight is 212 g/mol. The van der Waals surface area contributed by atoms with Gasteiger partial charge in [-0.3, -0.25) is 9.36 Å². The number of benzene rings is 1. The van der Waals surface area contributed by atoms with Crippen molar-refractivity contribution in [1.29, 1.82) is 0 Å². The lowest BCUT2D eigenvalue weighted by Crippen LogP contribution is -2.09. The summed E-state index contributed by atoms with van der Waals surface area (Å²) in [4.78, 5) is 22.3. The third-order valence-corrected chi connectivity index (χ3v) is 2.38. The van der Waals surface area contributed by atoms with Crippen molar-refractivity contribution in [2.75, 3.05) is 0 Å². The maximum absolute atomic E-state index is 11.7. The van der Waals surface area contributed by atoms with Gasteiger partial charge in [-0.25, -0.2) is 9.97 Å². The highest BCUT2D eigenvalue weighted by Crippen LogP contribution is 2.12. The van der Waals surface area contributed by atoms with Crippen LogP contribution in [0.3, 0.4) is 0 Å². The maximum Gasteiger partial charge on any atom is 0.277 e. The van der Waals surface area contributed by atoms with Gasteiger partial charge in [0.05, 0.1) is 6.33 Å². The number of nitrogens with one attached hydrogen (secondary N) is 1. The Balaban J connectivity index is 2.38.